The van der Waals surface area contributed by atoms with Crippen LogP contribution in [-0.2, 0) is 0 Å². The average molecular weight is 157 g/mol. The second-order valence-corrected chi connectivity index (χ2v) is 4.47. The van der Waals surface area contributed by atoms with E-state index in [0.717, 1.165) is 6.54 Å². The van der Waals surface area contributed by atoms with Gasteiger partial charge in [-0.1, -0.05) is 34.6 Å². The average Bonchev–Trinajstić information content (AvgIpc) is 1.86. The van der Waals surface area contributed by atoms with E-state index in [0.29, 0.717) is 5.41 Å². The number of hydrogen-bond donors (Lipinski definition) is 1. The number of nitrogens with one attached hydrogen (secondary N) is 1. The summed E-state index contributed by atoms with van der Waals surface area (Å²) in [6.45, 7) is 14.6. The van der Waals surface area contributed by atoms with Crippen LogP contribution in [-0.4, -0.2) is 12.1 Å². The zero-order chi connectivity index (χ0) is 9.12. The van der Waals surface area contributed by atoms with Gasteiger partial charge in [0.15, 0.2) is 0 Å². The van der Waals surface area contributed by atoms with E-state index in [9.17, 15) is 0 Å². The molecule has 0 aromatic rings. The molecule has 0 aliphatic rings. The Morgan fingerprint density at radius 3 is 1.55 bits per heavy atom. The van der Waals surface area contributed by atoms with Gasteiger partial charge in [0.2, 0.25) is 0 Å². The molecule has 0 aliphatic carbocycles. The fourth-order valence-electron chi connectivity index (χ4n) is 1.31. The van der Waals surface area contributed by atoms with Crippen LogP contribution in [0.3, 0.4) is 0 Å². The quantitative estimate of drug-likeness (QED) is 0.664. The Morgan fingerprint density at radius 2 is 1.45 bits per heavy atom. The molecule has 0 fully saturated rings. The molecule has 1 heteroatoms. The first-order valence-corrected chi connectivity index (χ1v) is 4.62. The van der Waals surface area contributed by atoms with Gasteiger partial charge in [-0.3, -0.25) is 0 Å². The molecule has 0 unspecified atom stereocenters. The summed E-state index contributed by atoms with van der Waals surface area (Å²) in [5.41, 5.74) is 0.625. The first kappa shape index (κ1) is 11.0. The molecule has 1 atom stereocenters. The lowest BCUT2D eigenvalue weighted by Crippen LogP contribution is -2.51. The van der Waals surface area contributed by atoms with Gasteiger partial charge >= 0.3 is 0 Å². The van der Waals surface area contributed by atoms with Gasteiger partial charge in [-0.15, -0.1) is 0 Å². The van der Waals surface area contributed by atoms with Gasteiger partial charge < -0.3 is 5.32 Å². The molecular formula is C10H23N. The zero-order valence-corrected chi connectivity index (χ0v) is 8.91. The molecule has 1 nitrogen and oxygen atoms in total. The highest BCUT2D eigenvalue weighted by molar-refractivity contribution is 4.92. The van der Waals surface area contributed by atoms with Gasteiger partial charge in [-0.25, -0.2) is 0 Å². The Labute approximate surface area is 71.6 Å². The van der Waals surface area contributed by atoms with Crippen LogP contribution in [0.1, 0.15) is 48.0 Å². The maximum absolute atomic E-state index is 3.55. The lowest BCUT2D eigenvalue weighted by molar-refractivity contribution is 0.153. The van der Waals surface area contributed by atoms with E-state index >= 15 is 0 Å². The monoisotopic (exact) mass is 157 g/mol. The van der Waals surface area contributed by atoms with Crippen molar-refractivity contribution in [1.29, 1.82) is 0 Å². The normalized spacial score (nSPS) is 18.0. The Morgan fingerprint density at radius 1 is 1.00 bits per heavy atom. The maximum Gasteiger partial charge on any atom is 0.0198 e. The maximum atomic E-state index is 3.55. The number of rotatable bonds is 3. The molecule has 0 bridgehead atoms. The molecule has 0 amide bonds. The summed E-state index contributed by atoms with van der Waals surface area (Å²) in [4.78, 5) is 0. The molecule has 0 aromatic heterocycles. The Bertz CT molecular complexity index is 113. The summed E-state index contributed by atoms with van der Waals surface area (Å²) in [7, 11) is 0. The highest BCUT2D eigenvalue weighted by Crippen LogP contribution is 2.32. The van der Waals surface area contributed by atoms with Crippen molar-refractivity contribution in [3.8, 4) is 0 Å². The van der Waals surface area contributed by atoms with Crippen molar-refractivity contribution < 1.29 is 0 Å². The van der Waals surface area contributed by atoms with Crippen molar-refractivity contribution in [2.75, 3.05) is 6.54 Å². The van der Waals surface area contributed by atoms with E-state index in [1.165, 1.54) is 6.42 Å². The lowest BCUT2D eigenvalue weighted by atomic mass is 9.73. The summed E-state index contributed by atoms with van der Waals surface area (Å²) < 4.78 is 0. The minimum absolute atomic E-state index is 0.280. The van der Waals surface area contributed by atoms with Crippen molar-refractivity contribution in [3.63, 3.8) is 0 Å². The molecule has 0 saturated heterocycles. The van der Waals surface area contributed by atoms with Crippen LogP contribution in [0.5, 0.6) is 0 Å². The fourth-order valence-corrected chi connectivity index (χ4v) is 1.31. The highest BCUT2D eigenvalue weighted by Gasteiger charge is 2.34. The lowest BCUT2D eigenvalue weighted by Gasteiger charge is -2.42. The molecular weight excluding hydrogens is 134 g/mol. The minimum atomic E-state index is 0.280. The second-order valence-electron chi connectivity index (χ2n) is 4.47. The van der Waals surface area contributed by atoms with Gasteiger partial charge in [0.25, 0.3) is 0 Å². The summed E-state index contributed by atoms with van der Waals surface area (Å²) in [6.07, 6.45) is 1.18. The second kappa shape index (κ2) is 3.57. The first-order chi connectivity index (χ1) is 4.87. The van der Waals surface area contributed by atoms with Crippen molar-refractivity contribution in [1.82, 2.24) is 5.32 Å². The predicted molar refractivity (Wildman–Crippen MR) is 51.8 cm³/mol. The van der Waals surface area contributed by atoms with Gasteiger partial charge in [0.05, 0.1) is 0 Å². The smallest absolute Gasteiger partial charge is 0.0198 e. The molecule has 0 aliphatic heterocycles. The third kappa shape index (κ3) is 2.48. The highest BCUT2D eigenvalue weighted by atomic mass is 15.0. The van der Waals surface area contributed by atoms with E-state index in [1.807, 2.05) is 0 Å². The van der Waals surface area contributed by atoms with E-state index < -0.39 is 0 Å². The van der Waals surface area contributed by atoms with Crippen LogP contribution in [0.25, 0.3) is 0 Å². The Balaban J connectivity index is 4.33. The molecule has 11 heavy (non-hydrogen) atoms. The van der Waals surface area contributed by atoms with Gasteiger partial charge in [0, 0.05) is 5.54 Å². The third-order valence-electron chi connectivity index (χ3n) is 2.93. The van der Waals surface area contributed by atoms with Crippen LogP contribution in [0.15, 0.2) is 0 Å². The fraction of sp³-hybridized carbons (Fsp3) is 1.00. The van der Waals surface area contributed by atoms with Crippen LogP contribution in [0.2, 0.25) is 0 Å². The molecule has 1 N–H and O–H groups in total. The molecule has 68 valence electrons. The van der Waals surface area contributed by atoms with E-state index in [1.54, 1.807) is 0 Å². The van der Waals surface area contributed by atoms with Crippen molar-refractivity contribution in [2.45, 2.75) is 53.5 Å². The largest absolute Gasteiger partial charge is 0.311 e. The summed E-state index contributed by atoms with van der Waals surface area (Å²) in [6, 6.07) is 0. The topological polar surface area (TPSA) is 12.0 Å². The molecule has 0 saturated carbocycles. The third-order valence-corrected chi connectivity index (χ3v) is 2.93. The van der Waals surface area contributed by atoms with E-state index in [-0.39, 0.29) is 5.54 Å². The van der Waals surface area contributed by atoms with Crippen molar-refractivity contribution in [2.24, 2.45) is 5.41 Å². The van der Waals surface area contributed by atoms with Crippen LogP contribution in [0, 0.1) is 5.41 Å². The number of hydrogen-bond acceptors (Lipinski definition) is 1. The van der Waals surface area contributed by atoms with E-state index in [2.05, 4.69) is 46.9 Å². The standard InChI is InChI=1S/C10H23N/c1-7-10(6,11-8-2)9(3,4)5/h11H,7-8H2,1-6H3/t10-/m0/s1. The van der Waals surface area contributed by atoms with E-state index in [4.69, 9.17) is 0 Å². The van der Waals surface area contributed by atoms with Crippen LogP contribution < -0.4 is 5.32 Å². The molecule has 0 aromatic carbocycles. The van der Waals surface area contributed by atoms with Crippen LogP contribution >= 0.6 is 0 Å². The predicted octanol–water partition coefficient (Wildman–Crippen LogP) is 2.81. The van der Waals surface area contributed by atoms with Crippen molar-refractivity contribution in [3.05, 3.63) is 0 Å². The summed E-state index contributed by atoms with van der Waals surface area (Å²) in [5, 5.41) is 3.55. The molecule has 0 heterocycles. The summed E-state index contributed by atoms with van der Waals surface area (Å²) in [5.74, 6) is 0. The Hall–Kier alpha value is -0.0400. The summed E-state index contributed by atoms with van der Waals surface area (Å²) >= 11 is 0. The van der Waals surface area contributed by atoms with Gasteiger partial charge in [0.1, 0.15) is 0 Å². The van der Waals surface area contributed by atoms with Crippen LogP contribution in [0.4, 0.5) is 0 Å². The first-order valence-electron chi connectivity index (χ1n) is 4.62. The minimum Gasteiger partial charge on any atom is -0.311 e. The molecule has 0 rings (SSSR count). The zero-order valence-electron chi connectivity index (χ0n) is 8.91. The van der Waals surface area contributed by atoms with Crippen molar-refractivity contribution >= 4 is 0 Å². The molecule has 0 radical (unpaired) electrons. The SMILES string of the molecule is CCN[C@@](C)(CC)C(C)(C)C. The Kier molecular flexibility index (Phi) is 3.56. The van der Waals surface area contributed by atoms with Gasteiger partial charge in [-0.05, 0) is 25.3 Å². The molecule has 0 spiro atoms. The van der Waals surface area contributed by atoms with Gasteiger partial charge in [-0.2, -0.15) is 0 Å².